The summed E-state index contributed by atoms with van der Waals surface area (Å²) in [6.07, 6.45) is 4.95. The molecule has 0 aliphatic carbocycles. The zero-order valence-electron chi connectivity index (χ0n) is 14.2. The van der Waals surface area contributed by atoms with Gasteiger partial charge in [-0.05, 0) is 25.7 Å². The van der Waals surface area contributed by atoms with Crippen molar-refractivity contribution in [1.29, 1.82) is 0 Å². The minimum atomic E-state index is 0. The van der Waals surface area contributed by atoms with Gasteiger partial charge < -0.3 is 15.0 Å². The molecule has 21 heavy (non-hydrogen) atoms. The Hall–Kier alpha value is -0.0400. The summed E-state index contributed by atoms with van der Waals surface area (Å²) in [5, 5.41) is 3.39. The lowest BCUT2D eigenvalue weighted by atomic mass is 10.1. The Morgan fingerprint density at radius 3 is 2.71 bits per heavy atom. The third-order valence-corrected chi connectivity index (χ3v) is 3.70. The van der Waals surface area contributed by atoms with Crippen LogP contribution in [0.2, 0.25) is 0 Å². The first-order chi connectivity index (χ1) is 9.63. The van der Waals surface area contributed by atoms with Crippen molar-refractivity contribution in [3.63, 3.8) is 0 Å². The van der Waals surface area contributed by atoms with E-state index in [0.717, 1.165) is 44.7 Å². The number of halogens is 1. The van der Waals surface area contributed by atoms with Crippen LogP contribution in [0.4, 0.5) is 0 Å². The van der Waals surface area contributed by atoms with Crippen molar-refractivity contribution in [3.8, 4) is 0 Å². The van der Waals surface area contributed by atoms with E-state index in [-0.39, 0.29) is 24.0 Å². The Labute approximate surface area is 148 Å². The van der Waals surface area contributed by atoms with E-state index in [0.29, 0.717) is 5.92 Å². The smallest absolute Gasteiger partial charge is 0.193 e. The van der Waals surface area contributed by atoms with Gasteiger partial charge in [-0.15, -0.1) is 24.0 Å². The van der Waals surface area contributed by atoms with Gasteiger partial charge in [0.15, 0.2) is 5.96 Å². The zero-order chi connectivity index (χ0) is 14.8. The van der Waals surface area contributed by atoms with E-state index in [9.17, 15) is 0 Å². The van der Waals surface area contributed by atoms with Crippen LogP contribution in [0.3, 0.4) is 0 Å². The Morgan fingerprint density at radius 2 is 2.14 bits per heavy atom. The molecule has 4 nitrogen and oxygen atoms in total. The molecule has 1 aliphatic rings. The van der Waals surface area contributed by atoms with Gasteiger partial charge in [0.25, 0.3) is 0 Å². The average Bonchev–Trinajstić information content (AvgIpc) is 2.89. The highest BCUT2D eigenvalue weighted by molar-refractivity contribution is 14.0. The van der Waals surface area contributed by atoms with Crippen molar-refractivity contribution in [2.45, 2.75) is 46.5 Å². The molecule has 0 radical (unpaired) electrons. The van der Waals surface area contributed by atoms with Gasteiger partial charge in [-0.2, -0.15) is 0 Å². The van der Waals surface area contributed by atoms with E-state index in [4.69, 9.17) is 9.73 Å². The van der Waals surface area contributed by atoms with E-state index in [1.165, 1.54) is 25.7 Å². The molecule has 0 bridgehead atoms. The largest absolute Gasteiger partial charge is 0.381 e. The number of nitrogens with zero attached hydrogens (tertiary/aromatic N) is 2. The van der Waals surface area contributed by atoms with Gasteiger partial charge in [0.2, 0.25) is 0 Å². The van der Waals surface area contributed by atoms with Gasteiger partial charge in [0.1, 0.15) is 0 Å². The van der Waals surface area contributed by atoms with E-state index in [1.54, 1.807) is 0 Å². The minimum Gasteiger partial charge on any atom is -0.381 e. The van der Waals surface area contributed by atoms with Crippen molar-refractivity contribution in [2.75, 3.05) is 39.9 Å². The second-order valence-corrected chi connectivity index (χ2v) is 6.24. The van der Waals surface area contributed by atoms with Gasteiger partial charge in [-0.25, -0.2) is 0 Å². The molecule has 0 saturated carbocycles. The van der Waals surface area contributed by atoms with Crippen LogP contribution in [0, 0.1) is 11.8 Å². The van der Waals surface area contributed by atoms with Crippen molar-refractivity contribution >= 4 is 29.9 Å². The molecule has 0 spiro atoms. The second-order valence-electron chi connectivity index (χ2n) is 6.24. The monoisotopic (exact) mass is 411 g/mol. The molecular formula is C16H34IN3O. The molecule has 1 saturated heterocycles. The van der Waals surface area contributed by atoms with Gasteiger partial charge in [0.05, 0.1) is 6.61 Å². The molecule has 5 heteroatoms. The second kappa shape index (κ2) is 12.5. The normalized spacial score (nSPS) is 18.7. The van der Waals surface area contributed by atoms with Crippen LogP contribution in [0.25, 0.3) is 0 Å². The summed E-state index contributed by atoms with van der Waals surface area (Å²) in [5.74, 6) is 2.51. The fraction of sp³-hybridized carbons (Fsp3) is 0.938. The molecule has 1 unspecified atom stereocenters. The molecule has 0 amide bonds. The predicted molar refractivity (Wildman–Crippen MR) is 102 cm³/mol. The first-order valence-corrected chi connectivity index (χ1v) is 8.20. The number of hydrogen-bond acceptors (Lipinski definition) is 2. The number of aliphatic imine (C=N–C) groups is 1. The van der Waals surface area contributed by atoms with Gasteiger partial charge in [0, 0.05) is 39.2 Å². The maximum Gasteiger partial charge on any atom is 0.193 e. The van der Waals surface area contributed by atoms with Crippen LogP contribution in [0.1, 0.15) is 46.5 Å². The molecule has 0 aromatic heterocycles. The molecule has 1 N–H and O–H groups in total. The summed E-state index contributed by atoms with van der Waals surface area (Å²) >= 11 is 0. The van der Waals surface area contributed by atoms with E-state index >= 15 is 0 Å². The quantitative estimate of drug-likeness (QED) is 0.288. The molecule has 0 aromatic rings. The summed E-state index contributed by atoms with van der Waals surface area (Å²) in [6.45, 7) is 11.4. The first-order valence-electron chi connectivity index (χ1n) is 8.20. The van der Waals surface area contributed by atoms with Crippen molar-refractivity contribution < 1.29 is 4.74 Å². The molecular weight excluding hydrogens is 377 g/mol. The maximum absolute atomic E-state index is 5.45. The Balaban J connectivity index is 0.00000400. The maximum atomic E-state index is 5.45. The fourth-order valence-electron chi connectivity index (χ4n) is 2.52. The molecule has 1 heterocycles. The molecule has 1 aliphatic heterocycles. The summed E-state index contributed by atoms with van der Waals surface area (Å²) in [4.78, 5) is 7.00. The molecule has 126 valence electrons. The number of ether oxygens (including phenoxy) is 1. The lowest BCUT2D eigenvalue weighted by molar-refractivity contribution is 0.181. The number of guanidine groups is 1. The van der Waals surface area contributed by atoms with Crippen LogP contribution in [0.5, 0.6) is 0 Å². The zero-order valence-corrected chi connectivity index (χ0v) is 16.6. The highest BCUT2D eigenvalue weighted by atomic mass is 127. The highest BCUT2D eigenvalue weighted by Crippen LogP contribution is 2.13. The van der Waals surface area contributed by atoms with E-state index < -0.39 is 0 Å². The van der Waals surface area contributed by atoms with Crippen molar-refractivity contribution in [1.82, 2.24) is 10.2 Å². The number of nitrogens with one attached hydrogen (secondary N) is 1. The first kappa shape index (κ1) is 21.0. The Morgan fingerprint density at radius 1 is 1.38 bits per heavy atom. The number of hydrogen-bond donors (Lipinski definition) is 1. The van der Waals surface area contributed by atoms with Gasteiger partial charge in [-0.3, -0.25) is 4.99 Å². The summed E-state index contributed by atoms with van der Waals surface area (Å²) < 4.78 is 5.45. The Bertz CT molecular complexity index is 279. The van der Waals surface area contributed by atoms with Gasteiger partial charge >= 0.3 is 0 Å². The molecule has 1 atom stereocenters. The lowest BCUT2D eigenvalue weighted by Crippen LogP contribution is -2.41. The van der Waals surface area contributed by atoms with E-state index in [1.807, 2.05) is 0 Å². The lowest BCUT2D eigenvalue weighted by Gasteiger charge is -2.24. The molecule has 0 aromatic carbocycles. The van der Waals surface area contributed by atoms with Crippen LogP contribution in [-0.4, -0.2) is 50.8 Å². The fourth-order valence-corrected chi connectivity index (χ4v) is 2.52. The standard InChI is InChI=1S/C16H33N3O.HI/c1-5-17-16(18-10-7-6-8-14(2)3)19(4)12-15-9-11-20-13-15;/h14-15H,5-13H2,1-4H3,(H,17,18);1H. The number of unbranched alkanes of at least 4 members (excludes halogenated alkanes) is 1. The summed E-state index contributed by atoms with van der Waals surface area (Å²) in [5.41, 5.74) is 0. The SMILES string of the molecule is CCNC(=NCCCCC(C)C)N(C)CC1CCOC1.I. The van der Waals surface area contributed by atoms with Crippen molar-refractivity contribution in [3.05, 3.63) is 0 Å². The van der Waals surface area contributed by atoms with Crippen LogP contribution >= 0.6 is 24.0 Å². The van der Waals surface area contributed by atoms with Crippen LogP contribution < -0.4 is 5.32 Å². The number of rotatable bonds is 8. The third-order valence-electron chi connectivity index (χ3n) is 3.70. The van der Waals surface area contributed by atoms with Crippen LogP contribution in [0.15, 0.2) is 4.99 Å². The van der Waals surface area contributed by atoms with Crippen molar-refractivity contribution in [2.24, 2.45) is 16.8 Å². The minimum absolute atomic E-state index is 0. The topological polar surface area (TPSA) is 36.9 Å². The molecule has 1 rings (SSSR count). The van der Waals surface area contributed by atoms with Crippen LogP contribution in [-0.2, 0) is 4.74 Å². The Kier molecular flexibility index (Phi) is 12.5. The summed E-state index contributed by atoms with van der Waals surface area (Å²) in [7, 11) is 2.13. The predicted octanol–water partition coefficient (Wildman–Crippen LogP) is 3.36. The highest BCUT2D eigenvalue weighted by Gasteiger charge is 2.18. The van der Waals surface area contributed by atoms with Gasteiger partial charge in [-0.1, -0.05) is 26.7 Å². The van der Waals surface area contributed by atoms with E-state index in [2.05, 4.69) is 38.0 Å². The average molecular weight is 411 g/mol. The summed E-state index contributed by atoms with van der Waals surface area (Å²) in [6, 6.07) is 0. The molecule has 1 fully saturated rings. The third kappa shape index (κ3) is 9.55.